The predicted octanol–water partition coefficient (Wildman–Crippen LogP) is 1.10. The van der Waals surface area contributed by atoms with Crippen molar-refractivity contribution < 1.29 is 13.0 Å². The van der Waals surface area contributed by atoms with E-state index in [2.05, 4.69) is 20.3 Å². The van der Waals surface area contributed by atoms with Crippen LogP contribution in [0, 0.1) is 0 Å². The molecule has 8 nitrogen and oxygen atoms in total. The van der Waals surface area contributed by atoms with Crippen LogP contribution in [-0.4, -0.2) is 27.9 Å². The summed E-state index contributed by atoms with van der Waals surface area (Å²) < 4.78 is 30.9. The summed E-state index contributed by atoms with van der Waals surface area (Å²) in [6, 6.07) is 5.46. The van der Waals surface area contributed by atoms with Gasteiger partial charge in [-0.3, -0.25) is 4.55 Å². The smallest absolute Gasteiger partial charge is 0.294 e. The molecule has 0 amide bonds. The third-order valence-corrected chi connectivity index (χ3v) is 3.03. The fraction of sp³-hybridized carbons (Fsp3) is 0. The minimum Gasteiger partial charge on any atom is -0.368 e. The second-order valence-electron chi connectivity index (χ2n) is 3.41. The van der Waals surface area contributed by atoms with Crippen LogP contribution in [0.15, 0.2) is 29.2 Å². The molecule has 2 aromatic rings. The Hall–Kier alpha value is -1.97. The summed E-state index contributed by atoms with van der Waals surface area (Å²) >= 11 is 5.60. The van der Waals surface area contributed by atoms with Crippen LogP contribution in [0.5, 0.6) is 0 Å². The SMILES string of the molecule is Nc1nc(Cl)nc(Nc2cccc(S(=O)(=O)O)c2)n1. The van der Waals surface area contributed by atoms with Crippen LogP contribution in [0.25, 0.3) is 0 Å². The molecule has 0 saturated carbocycles. The second kappa shape index (κ2) is 4.96. The average Bonchev–Trinajstić information content (AvgIpc) is 2.26. The molecule has 0 radical (unpaired) electrons. The zero-order chi connectivity index (χ0) is 14.0. The zero-order valence-corrected chi connectivity index (χ0v) is 10.9. The van der Waals surface area contributed by atoms with Crippen molar-refractivity contribution in [2.75, 3.05) is 11.1 Å². The van der Waals surface area contributed by atoms with Crippen LogP contribution in [0.1, 0.15) is 0 Å². The molecular formula is C9H8ClN5O3S. The maximum absolute atomic E-state index is 11.0. The summed E-state index contributed by atoms with van der Waals surface area (Å²) in [7, 11) is -4.28. The Kier molecular flexibility index (Phi) is 3.51. The Bertz CT molecular complexity index is 701. The van der Waals surface area contributed by atoms with Crippen molar-refractivity contribution in [3.05, 3.63) is 29.5 Å². The first-order valence-corrected chi connectivity index (χ1v) is 6.68. The first-order chi connectivity index (χ1) is 8.84. The number of anilines is 3. The number of nitrogens with one attached hydrogen (secondary N) is 1. The van der Waals surface area contributed by atoms with Gasteiger partial charge in [-0.25, -0.2) is 0 Å². The Balaban J connectivity index is 2.33. The van der Waals surface area contributed by atoms with Gasteiger partial charge in [-0.15, -0.1) is 0 Å². The Labute approximate surface area is 113 Å². The molecule has 100 valence electrons. The molecule has 0 bridgehead atoms. The minimum absolute atomic E-state index is 0.0602. The number of halogens is 1. The Morgan fingerprint density at radius 2 is 2.00 bits per heavy atom. The lowest BCUT2D eigenvalue weighted by Gasteiger charge is -2.06. The third kappa shape index (κ3) is 3.50. The van der Waals surface area contributed by atoms with Crippen molar-refractivity contribution >= 4 is 39.3 Å². The summed E-state index contributed by atoms with van der Waals surface area (Å²) in [5.74, 6) is -0.0153. The fourth-order valence-corrected chi connectivity index (χ4v) is 1.98. The summed E-state index contributed by atoms with van der Waals surface area (Å²) in [6.07, 6.45) is 0. The molecule has 1 aromatic carbocycles. The lowest BCUT2D eigenvalue weighted by molar-refractivity contribution is 0.483. The average molecular weight is 302 g/mol. The van der Waals surface area contributed by atoms with Crippen LogP contribution < -0.4 is 11.1 Å². The van der Waals surface area contributed by atoms with E-state index in [0.29, 0.717) is 5.69 Å². The van der Waals surface area contributed by atoms with Crippen molar-refractivity contribution in [2.45, 2.75) is 4.90 Å². The number of nitrogens with zero attached hydrogens (tertiary/aromatic N) is 3. The zero-order valence-electron chi connectivity index (χ0n) is 9.28. The van der Waals surface area contributed by atoms with E-state index in [9.17, 15) is 8.42 Å². The van der Waals surface area contributed by atoms with E-state index in [4.69, 9.17) is 21.9 Å². The van der Waals surface area contributed by atoms with Crippen LogP contribution in [-0.2, 0) is 10.1 Å². The van der Waals surface area contributed by atoms with E-state index in [1.165, 1.54) is 18.2 Å². The number of aromatic nitrogens is 3. The van der Waals surface area contributed by atoms with Gasteiger partial charge in [-0.05, 0) is 29.8 Å². The molecule has 0 atom stereocenters. The van der Waals surface area contributed by atoms with Crippen molar-refractivity contribution in [1.82, 2.24) is 15.0 Å². The molecule has 0 unspecified atom stereocenters. The van der Waals surface area contributed by atoms with Crippen LogP contribution in [0.2, 0.25) is 5.28 Å². The van der Waals surface area contributed by atoms with Crippen molar-refractivity contribution in [1.29, 1.82) is 0 Å². The van der Waals surface area contributed by atoms with Gasteiger partial charge in [-0.2, -0.15) is 23.4 Å². The molecule has 0 fully saturated rings. The lowest BCUT2D eigenvalue weighted by Crippen LogP contribution is -2.04. The highest BCUT2D eigenvalue weighted by Gasteiger charge is 2.10. The quantitative estimate of drug-likeness (QED) is 0.718. The fourth-order valence-electron chi connectivity index (χ4n) is 1.28. The first kappa shape index (κ1) is 13.5. The number of hydrogen-bond acceptors (Lipinski definition) is 7. The maximum atomic E-state index is 11.0. The van der Waals surface area contributed by atoms with Crippen molar-refractivity contribution in [3.8, 4) is 0 Å². The molecule has 0 aliphatic rings. The van der Waals surface area contributed by atoms with Crippen LogP contribution in [0.4, 0.5) is 17.6 Å². The number of nitrogen functional groups attached to an aromatic ring is 1. The van der Waals surface area contributed by atoms with Crippen molar-refractivity contribution in [3.63, 3.8) is 0 Å². The summed E-state index contributed by atoms with van der Waals surface area (Å²) in [6.45, 7) is 0. The molecular weight excluding hydrogens is 294 g/mol. The first-order valence-electron chi connectivity index (χ1n) is 4.86. The maximum Gasteiger partial charge on any atom is 0.294 e. The Morgan fingerprint density at radius 3 is 2.63 bits per heavy atom. The van der Waals surface area contributed by atoms with E-state index < -0.39 is 10.1 Å². The third-order valence-electron chi connectivity index (χ3n) is 2.01. The number of nitrogens with two attached hydrogens (primary N) is 1. The standard InChI is InChI=1S/C9H8ClN5O3S/c10-7-13-8(11)15-9(14-7)12-5-2-1-3-6(4-5)19(16,17)18/h1-4H,(H,16,17,18)(H3,11,12,13,14,15). The van der Waals surface area contributed by atoms with Gasteiger partial charge in [0.15, 0.2) is 0 Å². The minimum atomic E-state index is -4.28. The van der Waals surface area contributed by atoms with Gasteiger partial charge in [0.25, 0.3) is 10.1 Å². The molecule has 2 rings (SSSR count). The molecule has 10 heteroatoms. The van der Waals surface area contributed by atoms with E-state index in [0.717, 1.165) is 0 Å². The van der Waals surface area contributed by atoms with Gasteiger partial charge in [0.2, 0.25) is 17.2 Å². The highest BCUT2D eigenvalue weighted by molar-refractivity contribution is 7.85. The van der Waals surface area contributed by atoms with Gasteiger partial charge >= 0.3 is 0 Å². The monoisotopic (exact) mass is 301 g/mol. The largest absolute Gasteiger partial charge is 0.368 e. The summed E-state index contributed by atoms with van der Waals surface area (Å²) in [5, 5.41) is 2.60. The molecule has 0 spiro atoms. The van der Waals surface area contributed by atoms with E-state index in [-0.39, 0.29) is 22.1 Å². The molecule has 0 aliphatic heterocycles. The van der Waals surface area contributed by atoms with Crippen LogP contribution >= 0.6 is 11.6 Å². The highest BCUT2D eigenvalue weighted by Crippen LogP contribution is 2.18. The van der Waals surface area contributed by atoms with Gasteiger partial charge in [-0.1, -0.05) is 6.07 Å². The van der Waals surface area contributed by atoms with Gasteiger partial charge in [0.1, 0.15) is 0 Å². The van der Waals surface area contributed by atoms with E-state index in [1.807, 2.05) is 0 Å². The van der Waals surface area contributed by atoms with E-state index in [1.54, 1.807) is 6.07 Å². The molecule has 19 heavy (non-hydrogen) atoms. The molecule has 0 aliphatic carbocycles. The molecule has 0 saturated heterocycles. The molecule has 1 heterocycles. The number of hydrogen-bond donors (Lipinski definition) is 3. The number of rotatable bonds is 3. The second-order valence-corrected chi connectivity index (χ2v) is 5.17. The van der Waals surface area contributed by atoms with Crippen molar-refractivity contribution in [2.24, 2.45) is 0 Å². The normalized spacial score (nSPS) is 11.3. The van der Waals surface area contributed by atoms with Crippen LogP contribution in [0.3, 0.4) is 0 Å². The van der Waals surface area contributed by atoms with Gasteiger partial charge in [0, 0.05) is 5.69 Å². The van der Waals surface area contributed by atoms with E-state index >= 15 is 0 Å². The topological polar surface area (TPSA) is 131 Å². The molecule has 4 N–H and O–H groups in total. The van der Waals surface area contributed by atoms with Gasteiger partial charge < -0.3 is 11.1 Å². The molecule has 1 aromatic heterocycles. The summed E-state index contributed by atoms with van der Waals surface area (Å²) in [5.41, 5.74) is 5.73. The lowest BCUT2D eigenvalue weighted by atomic mass is 10.3. The van der Waals surface area contributed by atoms with Gasteiger partial charge in [0.05, 0.1) is 4.90 Å². The summed E-state index contributed by atoms with van der Waals surface area (Å²) in [4.78, 5) is 10.8. The predicted molar refractivity (Wildman–Crippen MR) is 68.8 cm³/mol. The highest BCUT2D eigenvalue weighted by atomic mass is 35.5. The number of benzene rings is 1. The Morgan fingerprint density at radius 1 is 1.26 bits per heavy atom.